The lowest BCUT2D eigenvalue weighted by Crippen LogP contribution is -2.60. The minimum atomic E-state index is -4.41. The summed E-state index contributed by atoms with van der Waals surface area (Å²) >= 11 is 0. The molecule has 266 valence electrons. The molecular formula is C34H41F3N10O2S. The van der Waals surface area contributed by atoms with Gasteiger partial charge in [-0.1, -0.05) is 6.07 Å². The summed E-state index contributed by atoms with van der Waals surface area (Å²) in [5.41, 5.74) is 3.39. The number of aromatic nitrogens is 5. The van der Waals surface area contributed by atoms with Crippen molar-refractivity contribution in [1.82, 2.24) is 38.6 Å². The number of fused-ring (bicyclic) bond motifs is 2. The number of nitrogens with zero attached hydrogens (tertiary/aromatic N) is 10. The van der Waals surface area contributed by atoms with Gasteiger partial charge < -0.3 is 9.47 Å². The van der Waals surface area contributed by atoms with Crippen molar-refractivity contribution in [3.05, 3.63) is 53.7 Å². The maximum Gasteiger partial charge on any atom is 0.397 e. The Morgan fingerprint density at radius 1 is 1.00 bits per heavy atom. The Kier molecular flexibility index (Phi) is 8.98. The lowest BCUT2D eigenvalue weighted by molar-refractivity contribution is -0.147. The zero-order valence-corrected chi connectivity index (χ0v) is 29.3. The van der Waals surface area contributed by atoms with Crippen LogP contribution in [0.25, 0.3) is 22.1 Å². The SMILES string of the molecule is CC(Cn1c(C#N)cc2cc(CN3CCC4(CC3)CN(c3ncnc5ncc(C(C)C(F)(F)F)nc35)C4)ccc21)N1CCN(S(C)(=O)=O)CC1. The molecule has 2 unspecified atom stereocenters. The van der Waals surface area contributed by atoms with Crippen LogP contribution in [0.15, 0.2) is 36.8 Å². The third-order valence-corrected chi connectivity index (χ3v) is 12.1. The Morgan fingerprint density at radius 3 is 2.38 bits per heavy atom. The normalized spacial score (nSPS) is 20.6. The van der Waals surface area contributed by atoms with E-state index in [0.717, 1.165) is 69.6 Å². The number of benzene rings is 1. The lowest BCUT2D eigenvalue weighted by atomic mass is 9.72. The Hall–Kier alpha value is -3.91. The zero-order chi connectivity index (χ0) is 35.4. The molecule has 0 radical (unpaired) electrons. The minimum absolute atomic E-state index is 0.120. The van der Waals surface area contributed by atoms with Crippen LogP contribution in [0.5, 0.6) is 0 Å². The monoisotopic (exact) mass is 710 g/mol. The van der Waals surface area contributed by atoms with Gasteiger partial charge in [-0.2, -0.15) is 22.7 Å². The van der Waals surface area contributed by atoms with E-state index in [9.17, 15) is 26.9 Å². The smallest absolute Gasteiger partial charge is 0.353 e. The van der Waals surface area contributed by atoms with Gasteiger partial charge in [-0.05, 0) is 63.5 Å². The van der Waals surface area contributed by atoms with E-state index in [-0.39, 0.29) is 22.8 Å². The van der Waals surface area contributed by atoms with Crippen molar-refractivity contribution in [3.8, 4) is 6.07 Å². The molecular weight excluding hydrogens is 670 g/mol. The number of rotatable bonds is 8. The van der Waals surface area contributed by atoms with Crippen molar-refractivity contribution in [2.45, 2.75) is 57.9 Å². The van der Waals surface area contributed by atoms with Crippen molar-refractivity contribution >= 4 is 37.9 Å². The molecule has 0 saturated carbocycles. The van der Waals surface area contributed by atoms with Gasteiger partial charge in [0.2, 0.25) is 10.0 Å². The van der Waals surface area contributed by atoms with Crippen LogP contribution in [0, 0.1) is 16.7 Å². The molecule has 3 aliphatic rings. The van der Waals surface area contributed by atoms with E-state index in [0.29, 0.717) is 49.8 Å². The summed E-state index contributed by atoms with van der Waals surface area (Å²) in [5, 5.41) is 11.0. The molecule has 0 amide bonds. The first-order chi connectivity index (χ1) is 23.7. The molecule has 7 rings (SSSR count). The Morgan fingerprint density at radius 2 is 1.72 bits per heavy atom. The number of sulfonamides is 1. The Bertz CT molecular complexity index is 2040. The van der Waals surface area contributed by atoms with Gasteiger partial charge in [0.15, 0.2) is 17.0 Å². The highest BCUT2D eigenvalue weighted by Crippen LogP contribution is 2.43. The van der Waals surface area contributed by atoms with E-state index >= 15 is 0 Å². The first-order valence-corrected chi connectivity index (χ1v) is 18.8. The van der Waals surface area contributed by atoms with E-state index in [1.54, 1.807) is 0 Å². The second kappa shape index (κ2) is 13.0. The zero-order valence-electron chi connectivity index (χ0n) is 28.4. The second-order valence-electron chi connectivity index (χ2n) is 14.3. The molecule has 3 aliphatic heterocycles. The number of likely N-dealkylation sites (tertiary alicyclic amines) is 1. The molecule has 0 aliphatic carbocycles. The van der Waals surface area contributed by atoms with Gasteiger partial charge in [-0.15, -0.1) is 0 Å². The van der Waals surface area contributed by atoms with Crippen molar-refractivity contribution in [1.29, 1.82) is 5.26 Å². The Labute approximate surface area is 289 Å². The molecule has 3 fully saturated rings. The number of alkyl halides is 3. The molecule has 4 aromatic rings. The number of piperidine rings is 1. The van der Waals surface area contributed by atoms with Crippen LogP contribution in [0.2, 0.25) is 0 Å². The van der Waals surface area contributed by atoms with E-state index in [2.05, 4.69) is 70.4 Å². The molecule has 16 heteroatoms. The minimum Gasteiger partial charge on any atom is -0.353 e. The van der Waals surface area contributed by atoms with Gasteiger partial charge in [0.25, 0.3) is 0 Å². The average Bonchev–Trinajstić information content (AvgIpc) is 3.42. The number of anilines is 1. The fourth-order valence-electron chi connectivity index (χ4n) is 7.68. The molecule has 12 nitrogen and oxygen atoms in total. The quantitative estimate of drug-likeness (QED) is 0.265. The van der Waals surface area contributed by atoms with Crippen LogP contribution in [0.3, 0.4) is 0 Å². The summed E-state index contributed by atoms with van der Waals surface area (Å²) < 4.78 is 67.6. The van der Waals surface area contributed by atoms with E-state index in [1.807, 2.05) is 6.07 Å². The standard InChI is InChI=1S/C34H41F3N10O2S/c1-23(44-10-12-46(13-11-44)50(3,48)49)18-47-27(16-38)15-26-14-25(4-5-29(26)47)19-43-8-6-33(7-9-43)20-45(21-33)32-30-31(40-22-41-32)39-17-28(42-30)24(2)34(35,36)37/h4-5,14-15,17,22-24H,6-13,18-21H2,1-3H3. The van der Waals surface area contributed by atoms with E-state index in [1.165, 1.54) is 22.5 Å². The summed E-state index contributed by atoms with van der Waals surface area (Å²) in [6, 6.07) is 10.9. The summed E-state index contributed by atoms with van der Waals surface area (Å²) in [5.74, 6) is -1.20. The van der Waals surface area contributed by atoms with Crippen LogP contribution in [0.1, 0.15) is 49.6 Å². The predicted molar refractivity (Wildman–Crippen MR) is 183 cm³/mol. The summed E-state index contributed by atoms with van der Waals surface area (Å²) in [4.78, 5) is 23.8. The van der Waals surface area contributed by atoms with Crippen LogP contribution >= 0.6 is 0 Å². The van der Waals surface area contributed by atoms with Crippen LogP contribution in [-0.4, -0.2) is 118 Å². The molecule has 1 spiro atoms. The molecule has 0 N–H and O–H groups in total. The molecule has 0 bridgehead atoms. The third-order valence-electron chi connectivity index (χ3n) is 10.8. The molecule has 50 heavy (non-hydrogen) atoms. The summed E-state index contributed by atoms with van der Waals surface area (Å²) in [7, 11) is -3.19. The Balaban J connectivity index is 0.964. The van der Waals surface area contributed by atoms with Gasteiger partial charge in [0.05, 0.1) is 24.1 Å². The summed E-state index contributed by atoms with van der Waals surface area (Å²) in [6.07, 6.45) is 1.38. The highest BCUT2D eigenvalue weighted by Gasteiger charge is 2.46. The fourth-order valence-corrected chi connectivity index (χ4v) is 8.51. The van der Waals surface area contributed by atoms with Gasteiger partial charge in [0, 0.05) is 74.7 Å². The molecule has 1 aromatic carbocycles. The molecule has 6 heterocycles. The molecule has 2 atom stereocenters. The largest absolute Gasteiger partial charge is 0.397 e. The number of hydrogen-bond donors (Lipinski definition) is 0. The van der Waals surface area contributed by atoms with E-state index < -0.39 is 22.1 Å². The van der Waals surface area contributed by atoms with Crippen molar-refractivity contribution in [2.75, 3.05) is 63.5 Å². The highest BCUT2D eigenvalue weighted by molar-refractivity contribution is 7.88. The molecule has 3 aromatic heterocycles. The van der Waals surface area contributed by atoms with Gasteiger partial charge in [0.1, 0.15) is 18.1 Å². The van der Waals surface area contributed by atoms with Crippen molar-refractivity contribution < 1.29 is 21.6 Å². The van der Waals surface area contributed by atoms with Crippen LogP contribution in [-0.2, 0) is 23.1 Å². The first-order valence-electron chi connectivity index (χ1n) is 17.0. The van der Waals surface area contributed by atoms with E-state index in [4.69, 9.17) is 0 Å². The van der Waals surface area contributed by atoms with Gasteiger partial charge >= 0.3 is 6.18 Å². The van der Waals surface area contributed by atoms with Crippen molar-refractivity contribution in [2.24, 2.45) is 5.41 Å². The van der Waals surface area contributed by atoms with Gasteiger partial charge in [-0.25, -0.2) is 28.4 Å². The first kappa shape index (κ1) is 34.5. The maximum absolute atomic E-state index is 13.4. The third kappa shape index (κ3) is 6.75. The fraction of sp³-hybridized carbons (Fsp3) is 0.559. The molecule has 3 saturated heterocycles. The summed E-state index contributed by atoms with van der Waals surface area (Å²) in [6.45, 7) is 10.3. The lowest BCUT2D eigenvalue weighted by Gasteiger charge is -2.54. The number of nitriles is 1. The van der Waals surface area contributed by atoms with Crippen molar-refractivity contribution in [3.63, 3.8) is 0 Å². The maximum atomic E-state index is 13.4. The number of piperazine rings is 1. The van der Waals surface area contributed by atoms with Gasteiger partial charge in [-0.3, -0.25) is 9.80 Å². The number of halogens is 3. The number of hydrogen-bond acceptors (Lipinski definition) is 10. The van der Waals surface area contributed by atoms with Crippen LogP contribution < -0.4 is 4.90 Å². The highest BCUT2D eigenvalue weighted by atomic mass is 32.2. The second-order valence-corrected chi connectivity index (χ2v) is 16.2. The topological polar surface area (TPSA) is 127 Å². The average molecular weight is 711 g/mol. The predicted octanol–water partition coefficient (Wildman–Crippen LogP) is 3.98. The van der Waals surface area contributed by atoms with Crippen LogP contribution in [0.4, 0.5) is 19.0 Å².